The van der Waals surface area contributed by atoms with E-state index in [2.05, 4.69) is 4.90 Å². The van der Waals surface area contributed by atoms with Gasteiger partial charge in [0.05, 0.1) is 12.7 Å². The summed E-state index contributed by atoms with van der Waals surface area (Å²) in [4.78, 5) is 2.48. The normalized spacial score (nSPS) is 26.8. The minimum Gasteiger partial charge on any atom is -0.393 e. The van der Waals surface area contributed by atoms with Gasteiger partial charge in [-0.3, -0.25) is 4.90 Å². The van der Waals surface area contributed by atoms with Crippen molar-refractivity contribution in [3.63, 3.8) is 0 Å². The summed E-state index contributed by atoms with van der Waals surface area (Å²) in [5, 5.41) is 9.47. The molecule has 1 spiro atoms. The van der Waals surface area contributed by atoms with Crippen LogP contribution >= 0.6 is 0 Å². The molecule has 1 saturated carbocycles. The molecule has 2 aliphatic rings. The smallest absolute Gasteiger partial charge is 0.0593 e. The molecule has 2 rings (SSSR count). The topological polar surface area (TPSA) is 32.7 Å². The molecule has 88 valence electrons. The zero-order valence-corrected chi connectivity index (χ0v) is 9.74. The summed E-state index contributed by atoms with van der Waals surface area (Å²) < 4.78 is 5.35. The Kier molecular flexibility index (Phi) is 3.65. The molecular formula is C12H23NO2. The van der Waals surface area contributed by atoms with Crippen LogP contribution in [0.5, 0.6) is 0 Å². The molecule has 3 heteroatoms. The van der Waals surface area contributed by atoms with E-state index in [1.54, 1.807) is 0 Å². The third-order valence-corrected chi connectivity index (χ3v) is 3.89. The average Bonchev–Trinajstić information content (AvgIpc) is 2.19. The first-order chi connectivity index (χ1) is 7.24. The van der Waals surface area contributed by atoms with Crippen LogP contribution in [0.25, 0.3) is 0 Å². The van der Waals surface area contributed by atoms with Gasteiger partial charge in [-0.2, -0.15) is 0 Å². The van der Waals surface area contributed by atoms with Gasteiger partial charge < -0.3 is 9.84 Å². The van der Waals surface area contributed by atoms with Crippen LogP contribution in [0, 0.1) is 5.41 Å². The highest BCUT2D eigenvalue weighted by atomic mass is 16.5. The number of nitrogens with zero attached hydrogens (tertiary/aromatic N) is 1. The number of hydrogen-bond donors (Lipinski definition) is 1. The number of likely N-dealkylation sites (tertiary alicyclic amines) is 1. The largest absolute Gasteiger partial charge is 0.393 e. The maximum absolute atomic E-state index is 9.47. The first-order valence-corrected chi connectivity index (χ1v) is 6.22. The molecule has 0 unspecified atom stereocenters. The zero-order valence-electron chi connectivity index (χ0n) is 9.74. The second kappa shape index (κ2) is 4.81. The minimum absolute atomic E-state index is 0.0203. The average molecular weight is 213 g/mol. The SMILES string of the molecule is CCOCCN1CC2(CCC(O)CC2)C1. The molecular weight excluding hydrogens is 190 g/mol. The zero-order chi connectivity index (χ0) is 10.7. The van der Waals surface area contributed by atoms with E-state index in [9.17, 15) is 5.11 Å². The van der Waals surface area contributed by atoms with Crippen molar-refractivity contribution >= 4 is 0 Å². The molecule has 0 amide bonds. The summed E-state index contributed by atoms with van der Waals surface area (Å²) in [6, 6.07) is 0. The van der Waals surface area contributed by atoms with E-state index in [4.69, 9.17) is 4.74 Å². The number of ether oxygens (including phenoxy) is 1. The molecule has 0 aromatic heterocycles. The van der Waals surface area contributed by atoms with Gasteiger partial charge in [-0.15, -0.1) is 0 Å². The first-order valence-electron chi connectivity index (χ1n) is 6.22. The predicted molar refractivity (Wildman–Crippen MR) is 59.8 cm³/mol. The third-order valence-electron chi connectivity index (χ3n) is 3.89. The van der Waals surface area contributed by atoms with Gasteiger partial charge in [0.15, 0.2) is 0 Å². The second-order valence-electron chi connectivity index (χ2n) is 5.14. The van der Waals surface area contributed by atoms with Gasteiger partial charge in [0.2, 0.25) is 0 Å². The van der Waals surface area contributed by atoms with E-state index in [0.717, 1.165) is 32.6 Å². The summed E-state index contributed by atoms with van der Waals surface area (Å²) >= 11 is 0. The molecule has 1 N–H and O–H groups in total. The minimum atomic E-state index is -0.0203. The van der Waals surface area contributed by atoms with E-state index < -0.39 is 0 Å². The standard InChI is InChI=1S/C12H23NO2/c1-2-15-8-7-13-9-12(10-13)5-3-11(14)4-6-12/h11,14H,2-10H2,1H3. The summed E-state index contributed by atoms with van der Waals surface area (Å²) in [5.74, 6) is 0. The predicted octanol–water partition coefficient (Wildman–Crippen LogP) is 1.26. The van der Waals surface area contributed by atoms with E-state index in [1.807, 2.05) is 6.92 Å². The highest BCUT2D eigenvalue weighted by Crippen LogP contribution is 2.43. The van der Waals surface area contributed by atoms with Crippen LogP contribution in [0.4, 0.5) is 0 Å². The summed E-state index contributed by atoms with van der Waals surface area (Å²) in [5.41, 5.74) is 0.561. The molecule has 1 heterocycles. The Morgan fingerprint density at radius 3 is 2.60 bits per heavy atom. The Balaban J connectivity index is 1.64. The summed E-state index contributed by atoms with van der Waals surface area (Å²) in [7, 11) is 0. The fourth-order valence-electron chi connectivity index (χ4n) is 2.93. The molecule has 15 heavy (non-hydrogen) atoms. The number of aliphatic hydroxyl groups is 1. The number of rotatable bonds is 4. The van der Waals surface area contributed by atoms with Crippen molar-refractivity contribution in [2.75, 3.05) is 32.8 Å². The Morgan fingerprint density at radius 2 is 2.00 bits per heavy atom. The van der Waals surface area contributed by atoms with Crippen molar-refractivity contribution in [1.29, 1.82) is 0 Å². The number of aliphatic hydroxyl groups excluding tert-OH is 1. The first kappa shape index (κ1) is 11.4. The molecule has 2 fully saturated rings. The number of hydrogen-bond acceptors (Lipinski definition) is 3. The maximum Gasteiger partial charge on any atom is 0.0593 e. The Bertz CT molecular complexity index is 192. The van der Waals surface area contributed by atoms with Gasteiger partial charge in [0.1, 0.15) is 0 Å². The lowest BCUT2D eigenvalue weighted by Gasteiger charge is -2.53. The van der Waals surface area contributed by atoms with Crippen LogP contribution in [0.1, 0.15) is 32.6 Å². The van der Waals surface area contributed by atoms with Gasteiger partial charge in [-0.1, -0.05) is 0 Å². The van der Waals surface area contributed by atoms with Crippen LogP contribution in [-0.4, -0.2) is 49.0 Å². The van der Waals surface area contributed by atoms with Gasteiger partial charge in [0, 0.05) is 26.2 Å². The molecule has 0 aromatic rings. The van der Waals surface area contributed by atoms with Crippen molar-refractivity contribution in [3.8, 4) is 0 Å². The van der Waals surface area contributed by atoms with Crippen LogP contribution in [0.15, 0.2) is 0 Å². The summed E-state index contributed by atoms with van der Waals surface area (Å²) in [6.07, 6.45) is 4.45. The molecule has 0 radical (unpaired) electrons. The lowest BCUT2D eigenvalue weighted by Crippen LogP contribution is -2.58. The van der Waals surface area contributed by atoms with Crippen molar-refractivity contribution in [3.05, 3.63) is 0 Å². The van der Waals surface area contributed by atoms with Crippen LogP contribution in [0.3, 0.4) is 0 Å². The van der Waals surface area contributed by atoms with Gasteiger partial charge in [0.25, 0.3) is 0 Å². The van der Waals surface area contributed by atoms with Gasteiger partial charge in [-0.25, -0.2) is 0 Å². The fourth-order valence-corrected chi connectivity index (χ4v) is 2.93. The van der Waals surface area contributed by atoms with Crippen LogP contribution < -0.4 is 0 Å². The molecule has 3 nitrogen and oxygen atoms in total. The maximum atomic E-state index is 9.47. The Labute approximate surface area is 92.4 Å². The Hall–Kier alpha value is -0.120. The van der Waals surface area contributed by atoms with Crippen molar-refractivity contribution in [1.82, 2.24) is 4.90 Å². The monoisotopic (exact) mass is 213 g/mol. The van der Waals surface area contributed by atoms with Gasteiger partial charge >= 0.3 is 0 Å². The second-order valence-corrected chi connectivity index (χ2v) is 5.14. The quantitative estimate of drug-likeness (QED) is 0.714. The molecule has 0 atom stereocenters. The molecule has 1 saturated heterocycles. The third kappa shape index (κ3) is 2.71. The Morgan fingerprint density at radius 1 is 1.33 bits per heavy atom. The van der Waals surface area contributed by atoms with E-state index >= 15 is 0 Å². The molecule has 0 aromatic carbocycles. The van der Waals surface area contributed by atoms with Crippen LogP contribution in [-0.2, 0) is 4.74 Å². The summed E-state index contributed by atoms with van der Waals surface area (Å²) in [6.45, 7) is 7.28. The lowest BCUT2D eigenvalue weighted by atomic mass is 9.68. The van der Waals surface area contributed by atoms with Gasteiger partial charge in [-0.05, 0) is 38.0 Å². The molecule has 0 bridgehead atoms. The molecule has 1 aliphatic heterocycles. The highest BCUT2D eigenvalue weighted by molar-refractivity contribution is 4.97. The van der Waals surface area contributed by atoms with E-state index in [1.165, 1.54) is 25.9 Å². The van der Waals surface area contributed by atoms with Crippen molar-refractivity contribution in [2.24, 2.45) is 5.41 Å². The fraction of sp³-hybridized carbons (Fsp3) is 1.00. The van der Waals surface area contributed by atoms with E-state index in [0.29, 0.717) is 5.41 Å². The lowest BCUT2D eigenvalue weighted by molar-refractivity contribution is -0.0623. The van der Waals surface area contributed by atoms with Crippen LogP contribution in [0.2, 0.25) is 0 Å². The molecule has 1 aliphatic carbocycles. The van der Waals surface area contributed by atoms with Crippen molar-refractivity contribution < 1.29 is 9.84 Å². The van der Waals surface area contributed by atoms with E-state index in [-0.39, 0.29) is 6.10 Å². The highest BCUT2D eigenvalue weighted by Gasteiger charge is 2.44. The van der Waals surface area contributed by atoms with Crippen molar-refractivity contribution in [2.45, 2.75) is 38.7 Å².